The molecule has 2 heterocycles. The SMILES string of the molecule is CC(=O)Nc1cnc(-c2ccc[nH]2)[nH]1. The van der Waals surface area contributed by atoms with Gasteiger partial charge in [-0.25, -0.2) is 4.98 Å². The number of carbonyl (C=O) groups is 1. The molecular weight excluding hydrogens is 180 g/mol. The predicted octanol–water partition coefficient (Wildman–Crippen LogP) is 1.36. The van der Waals surface area contributed by atoms with Gasteiger partial charge in [-0.05, 0) is 12.1 Å². The lowest BCUT2D eigenvalue weighted by molar-refractivity contribution is -0.114. The van der Waals surface area contributed by atoms with Crippen LogP contribution in [0.4, 0.5) is 5.82 Å². The molecular formula is C9H10N4O. The Balaban J connectivity index is 2.22. The van der Waals surface area contributed by atoms with Gasteiger partial charge in [-0.1, -0.05) is 0 Å². The first-order valence-corrected chi connectivity index (χ1v) is 4.22. The Bertz CT molecular complexity index is 429. The van der Waals surface area contributed by atoms with Crippen molar-refractivity contribution in [3.05, 3.63) is 24.5 Å². The van der Waals surface area contributed by atoms with E-state index in [1.807, 2.05) is 18.3 Å². The molecule has 0 aliphatic carbocycles. The monoisotopic (exact) mass is 190 g/mol. The molecule has 3 N–H and O–H groups in total. The number of imidazole rings is 1. The average molecular weight is 190 g/mol. The van der Waals surface area contributed by atoms with Crippen LogP contribution in [0.2, 0.25) is 0 Å². The fraction of sp³-hybridized carbons (Fsp3) is 0.111. The van der Waals surface area contributed by atoms with Gasteiger partial charge in [0.1, 0.15) is 5.82 Å². The maximum Gasteiger partial charge on any atom is 0.222 e. The summed E-state index contributed by atoms with van der Waals surface area (Å²) in [7, 11) is 0. The van der Waals surface area contributed by atoms with Crippen molar-refractivity contribution in [2.45, 2.75) is 6.92 Å². The number of nitrogens with one attached hydrogen (secondary N) is 3. The summed E-state index contributed by atoms with van der Waals surface area (Å²) >= 11 is 0. The Morgan fingerprint density at radius 1 is 1.57 bits per heavy atom. The van der Waals surface area contributed by atoms with Gasteiger partial charge in [-0.2, -0.15) is 0 Å². The summed E-state index contributed by atoms with van der Waals surface area (Å²) in [5, 5.41) is 2.62. The summed E-state index contributed by atoms with van der Waals surface area (Å²) in [4.78, 5) is 20.8. The molecule has 0 aliphatic rings. The second kappa shape index (κ2) is 3.37. The van der Waals surface area contributed by atoms with Crippen molar-refractivity contribution in [1.29, 1.82) is 0 Å². The molecule has 2 aromatic rings. The zero-order valence-corrected chi connectivity index (χ0v) is 7.66. The number of nitrogens with zero attached hydrogens (tertiary/aromatic N) is 1. The first-order valence-electron chi connectivity index (χ1n) is 4.22. The maximum absolute atomic E-state index is 10.7. The zero-order valence-electron chi connectivity index (χ0n) is 7.66. The number of anilines is 1. The highest BCUT2D eigenvalue weighted by Crippen LogP contribution is 2.14. The van der Waals surface area contributed by atoms with E-state index in [4.69, 9.17) is 0 Å². The first kappa shape index (κ1) is 8.55. The van der Waals surface area contributed by atoms with Gasteiger partial charge in [-0.3, -0.25) is 4.79 Å². The quantitative estimate of drug-likeness (QED) is 0.669. The van der Waals surface area contributed by atoms with Crippen molar-refractivity contribution >= 4 is 11.7 Å². The highest BCUT2D eigenvalue weighted by Gasteiger charge is 2.03. The fourth-order valence-corrected chi connectivity index (χ4v) is 1.19. The van der Waals surface area contributed by atoms with Crippen LogP contribution in [0.3, 0.4) is 0 Å². The third-order valence-electron chi connectivity index (χ3n) is 1.74. The summed E-state index contributed by atoms with van der Waals surface area (Å²) in [5.74, 6) is 1.19. The molecule has 0 aliphatic heterocycles. The number of amides is 1. The van der Waals surface area contributed by atoms with E-state index in [1.165, 1.54) is 6.92 Å². The second-order valence-electron chi connectivity index (χ2n) is 2.91. The van der Waals surface area contributed by atoms with Crippen LogP contribution < -0.4 is 5.32 Å². The van der Waals surface area contributed by atoms with Gasteiger partial charge in [0.2, 0.25) is 5.91 Å². The van der Waals surface area contributed by atoms with E-state index in [2.05, 4.69) is 20.3 Å². The highest BCUT2D eigenvalue weighted by molar-refractivity contribution is 5.87. The number of aromatic nitrogens is 3. The van der Waals surface area contributed by atoms with Gasteiger partial charge in [0.05, 0.1) is 11.9 Å². The molecule has 0 aromatic carbocycles. The van der Waals surface area contributed by atoms with E-state index in [0.717, 1.165) is 5.69 Å². The largest absolute Gasteiger partial charge is 0.359 e. The Morgan fingerprint density at radius 3 is 3.07 bits per heavy atom. The number of hydrogen-bond donors (Lipinski definition) is 3. The molecule has 0 spiro atoms. The van der Waals surface area contributed by atoms with Crippen molar-refractivity contribution in [3.63, 3.8) is 0 Å². The van der Waals surface area contributed by atoms with E-state index in [9.17, 15) is 4.79 Å². The van der Waals surface area contributed by atoms with Gasteiger partial charge in [-0.15, -0.1) is 0 Å². The van der Waals surface area contributed by atoms with Crippen LogP contribution in [0, 0.1) is 0 Å². The van der Waals surface area contributed by atoms with Crippen LogP contribution in [0.5, 0.6) is 0 Å². The normalized spacial score (nSPS) is 10.1. The van der Waals surface area contributed by atoms with E-state index < -0.39 is 0 Å². The average Bonchev–Trinajstić information content (AvgIpc) is 2.69. The molecule has 14 heavy (non-hydrogen) atoms. The van der Waals surface area contributed by atoms with Gasteiger partial charge >= 0.3 is 0 Å². The second-order valence-corrected chi connectivity index (χ2v) is 2.91. The van der Waals surface area contributed by atoms with Crippen molar-refractivity contribution in [2.24, 2.45) is 0 Å². The van der Waals surface area contributed by atoms with E-state index >= 15 is 0 Å². The molecule has 5 nitrogen and oxygen atoms in total. The Morgan fingerprint density at radius 2 is 2.43 bits per heavy atom. The van der Waals surface area contributed by atoms with Crippen LogP contribution in [0.1, 0.15) is 6.92 Å². The Kier molecular flexibility index (Phi) is 2.06. The summed E-state index contributed by atoms with van der Waals surface area (Å²) in [6, 6.07) is 3.78. The minimum Gasteiger partial charge on any atom is -0.359 e. The van der Waals surface area contributed by atoms with E-state index in [-0.39, 0.29) is 5.91 Å². The molecule has 0 saturated heterocycles. The number of aromatic amines is 2. The van der Waals surface area contributed by atoms with Crippen LogP contribution in [0.25, 0.3) is 11.5 Å². The van der Waals surface area contributed by atoms with Gasteiger partial charge < -0.3 is 15.3 Å². The summed E-state index contributed by atoms with van der Waals surface area (Å²) in [6.07, 6.45) is 3.40. The van der Waals surface area contributed by atoms with Gasteiger partial charge in [0.15, 0.2) is 5.82 Å². The fourth-order valence-electron chi connectivity index (χ4n) is 1.19. The molecule has 0 saturated carbocycles. The molecule has 5 heteroatoms. The molecule has 1 amide bonds. The van der Waals surface area contributed by atoms with Crippen LogP contribution in [-0.2, 0) is 4.79 Å². The molecule has 2 aromatic heterocycles. The van der Waals surface area contributed by atoms with E-state index in [1.54, 1.807) is 6.20 Å². The third-order valence-corrected chi connectivity index (χ3v) is 1.74. The third kappa shape index (κ3) is 1.66. The molecule has 2 rings (SSSR count). The number of rotatable bonds is 2. The zero-order chi connectivity index (χ0) is 9.97. The lowest BCUT2D eigenvalue weighted by atomic mass is 10.4. The van der Waals surface area contributed by atoms with Gasteiger partial charge in [0, 0.05) is 13.1 Å². The molecule has 0 unspecified atom stereocenters. The smallest absolute Gasteiger partial charge is 0.222 e. The van der Waals surface area contributed by atoms with Crippen molar-refractivity contribution in [2.75, 3.05) is 5.32 Å². The standard InChI is InChI=1S/C9H10N4O/c1-6(14)12-8-5-11-9(13-8)7-3-2-4-10-7/h2-5,10H,1H3,(H,11,13)(H,12,14). The molecule has 0 atom stereocenters. The lowest BCUT2D eigenvalue weighted by Gasteiger charge is -1.95. The lowest BCUT2D eigenvalue weighted by Crippen LogP contribution is -2.05. The van der Waals surface area contributed by atoms with Crippen molar-refractivity contribution < 1.29 is 4.79 Å². The topological polar surface area (TPSA) is 73.6 Å². The number of H-pyrrole nitrogens is 2. The molecule has 0 fully saturated rings. The van der Waals surface area contributed by atoms with Crippen LogP contribution in [0.15, 0.2) is 24.5 Å². The molecule has 0 bridgehead atoms. The maximum atomic E-state index is 10.7. The number of hydrogen-bond acceptors (Lipinski definition) is 2. The van der Waals surface area contributed by atoms with Crippen molar-refractivity contribution in [1.82, 2.24) is 15.0 Å². The van der Waals surface area contributed by atoms with E-state index in [0.29, 0.717) is 11.6 Å². The molecule has 72 valence electrons. The van der Waals surface area contributed by atoms with Crippen molar-refractivity contribution in [3.8, 4) is 11.5 Å². The first-order chi connectivity index (χ1) is 6.75. The Labute approximate surface area is 80.6 Å². The molecule has 0 radical (unpaired) electrons. The van der Waals surface area contributed by atoms with Gasteiger partial charge in [0.25, 0.3) is 0 Å². The summed E-state index contributed by atoms with van der Waals surface area (Å²) < 4.78 is 0. The van der Waals surface area contributed by atoms with Crippen LogP contribution in [-0.4, -0.2) is 20.9 Å². The Hall–Kier alpha value is -2.04. The van der Waals surface area contributed by atoms with Crippen LogP contribution >= 0.6 is 0 Å². The highest BCUT2D eigenvalue weighted by atomic mass is 16.1. The predicted molar refractivity (Wildman–Crippen MR) is 52.7 cm³/mol. The summed E-state index contributed by atoms with van der Waals surface area (Å²) in [6.45, 7) is 1.45. The number of carbonyl (C=O) groups excluding carboxylic acids is 1. The minimum atomic E-state index is -0.119. The minimum absolute atomic E-state index is 0.119. The summed E-state index contributed by atoms with van der Waals surface area (Å²) in [5.41, 5.74) is 0.890.